The van der Waals surface area contributed by atoms with Gasteiger partial charge in [-0.3, -0.25) is 0 Å². The fourth-order valence-corrected chi connectivity index (χ4v) is 2.33. The summed E-state index contributed by atoms with van der Waals surface area (Å²) in [5.41, 5.74) is 6.79. The molecule has 92 valence electrons. The Kier molecular flexibility index (Phi) is 3.67. The summed E-state index contributed by atoms with van der Waals surface area (Å²) in [6, 6.07) is 6.94. The zero-order valence-electron chi connectivity index (χ0n) is 10.2. The quantitative estimate of drug-likeness (QED) is 0.631. The summed E-state index contributed by atoms with van der Waals surface area (Å²) < 4.78 is 5.55. The summed E-state index contributed by atoms with van der Waals surface area (Å²) in [4.78, 5) is 11.9. The van der Waals surface area contributed by atoms with Crippen molar-refractivity contribution in [1.82, 2.24) is 0 Å². The Morgan fingerprint density at radius 2 is 2.12 bits per heavy atom. The molecule has 0 amide bonds. The lowest BCUT2D eigenvalue weighted by Gasteiger charge is -2.28. The molecule has 1 fully saturated rings. The molecule has 0 bridgehead atoms. The van der Waals surface area contributed by atoms with Gasteiger partial charge in [-0.25, -0.2) is 4.79 Å². The number of nitrogens with two attached hydrogens (primary N) is 1. The van der Waals surface area contributed by atoms with E-state index >= 15 is 0 Å². The fraction of sp³-hybridized carbons (Fsp3) is 0.500. The van der Waals surface area contributed by atoms with Gasteiger partial charge in [-0.05, 0) is 43.4 Å². The van der Waals surface area contributed by atoms with Crippen LogP contribution in [0.1, 0.15) is 43.0 Å². The number of ether oxygens (including phenoxy) is 1. The number of benzene rings is 1. The highest BCUT2D eigenvalue weighted by Gasteiger charge is 2.25. The molecule has 3 nitrogen and oxygen atoms in total. The van der Waals surface area contributed by atoms with E-state index < -0.39 is 0 Å². The van der Waals surface area contributed by atoms with E-state index in [4.69, 9.17) is 10.5 Å². The van der Waals surface area contributed by atoms with E-state index in [1.54, 1.807) is 24.3 Å². The van der Waals surface area contributed by atoms with E-state index in [1.165, 1.54) is 6.42 Å². The monoisotopic (exact) mass is 233 g/mol. The summed E-state index contributed by atoms with van der Waals surface area (Å²) >= 11 is 0. The molecule has 2 unspecified atom stereocenters. The predicted molar refractivity (Wildman–Crippen MR) is 67.7 cm³/mol. The zero-order chi connectivity index (χ0) is 12.3. The van der Waals surface area contributed by atoms with Crippen molar-refractivity contribution in [3.8, 4) is 0 Å². The van der Waals surface area contributed by atoms with Gasteiger partial charge in [0, 0.05) is 5.69 Å². The summed E-state index contributed by atoms with van der Waals surface area (Å²) in [5, 5.41) is 0. The van der Waals surface area contributed by atoms with Crippen LogP contribution in [-0.2, 0) is 4.74 Å². The van der Waals surface area contributed by atoms with E-state index in [0.717, 1.165) is 19.3 Å². The molecule has 0 aliphatic heterocycles. The Hall–Kier alpha value is -1.51. The zero-order valence-corrected chi connectivity index (χ0v) is 10.2. The third-order valence-electron chi connectivity index (χ3n) is 3.41. The average molecular weight is 233 g/mol. The minimum Gasteiger partial charge on any atom is -0.458 e. The molecule has 17 heavy (non-hydrogen) atoms. The van der Waals surface area contributed by atoms with Crippen LogP contribution in [0.25, 0.3) is 0 Å². The molecule has 1 aliphatic rings. The molecule has 1 aromatic rings. The molecule has 1 aliphatic carbocycles. The standard InChI is InChI=1S/C14H19NO2/c1-10-5-2-3-8-13(10)17-14(16)11-6-4-7-12(15)9-11/h4,6-7,9-10,13H,2-3,5,8,15H2,1H3. The third kappa shape index (κ3) is 2.99. The van der Waals surface area contributed by atoms with Gasteiger partial charge >= 0.3 is 5.97 Å². The summed E-state index contributed by atoms with van der Waals surface area (Å²) in [6.45, 7) is 2.15. The van der Waals surface area contributed by atoms with Crippen LogP contribution in [0, 0.1) is 5.92 Å². The number of carbonyl (C=O) groups is 1. The minimum atomic E-state index is -0.254. The van der Waals surface area contributed by atoms with Crippen LogP contribution in [0.4, 0.5) is 5.69 Å². The van der Waals surface area contributed by atoms with Gasteiger partial charge in [0.05, 0.1) is 5.56 Å². The van der Waals surface area contributed by atoms with Gasteiger partial charge in [0.1, 0.15) is 6.10 Å². The van der Waals surface area contributed by atoms with Crippen molar-refractivity contribution >= 4 is 11.7 Å². The van der Waals surface area contributed by atoms with Gasteiger partial charge in [-0.2, -0.15) is 0 Å². The maximum Gasteiger partial charge on any atom is 0.338 e. The van der Waals surface area contributed by atoms with Crippen LogP contribution in [0.2, 0.25) is 0 Å². The SMILES string of the molecule is CC1CCCCC1OC(=O)c1cccc(N)c1. The highest BCUT2D eigenvalue weighted by atomic mass is 16.5. The predicted octanol–water partition coefficient (Wildman–Crippen LogP) is 3.00. The van der Waals surface area contributed by atoms with Gasteiger partial charge in [-0.1, -0.05) is 19.4 Å². The van der Waals surface area contributed by atoms with Crippen molar-refractivity contribution in [3.63, 3.8) is 0 Å². The van der Waals surface area contributed by atoms with Gasteiger partial charge in [0.2, 0.25) is 0 Å². The van der Waals surface area contributed by atoms with Gasteiger partial charge < -0.3 is 10.5 Å². The van der Waals surface area contributed by atoms with Gasteiger partial charge in [0.15, 0.2) is 0 Å². The summed E-state index contributed by atoms with van der Waals surface area (Å²) in [5.74, 6) is 0.213. The Morgan fingerprint density at radius 1 is 1.35 bits per heavy atom. The highest BCUT2D eigenvalue weighted by molar-refractivity contribution is 5.90. The number of esters is 1. The van der Waals surface area contributed by atoms with Crippen LogP contribution in [0.15, 0.2) is 24.3 Å². The molecule has 2 N–H and O–H groups in total. The fourth-order valence-electron chi connectivity index (χ4n) is 2.33. The van der Waals surface area contributed by atoms with E-state index in [-0.39, 0.29) is 12.1 Å². The molecule has 2 rings (SSSR count). The van der Waals surface area contributed by atoms with Crippen molar-refractivity contribution in [3.05, 3.63) is 29.8 Å². The van der Waals surface area contributed by atoms with Crippen LogP contribution < -0.4 is 5.73 Å². The van der Waals surface area contributed by atoms with Crippen LogP contribution in [0.5, 0.6) is 0 Å². The first-order valence-electron chi connectivity index (χ1n) is 6.23. The summed E-state index contributed by atoms with van der Waals surface area (Å²) in [6.07, 6.45) is 4.59. The van der Waals surface area contributed by atoms with Gasteiger partial charge in [0.25, 0.3) is 0 Å². The van der Waals surface area contributed by atoms with Crippen molar-refractivity contribution in [1.29, 1.82) is 0 Å². The normalized spacial score (nSPS) is 24.3. The lowest BCUT2D eigenvalue weighted by atomic mass is 9.88. The van der Waals surface area contributed by atoms with Crippen LogP contribution >= 0.6 is 0 Å². The topological polar surface area (TPSA) is 52.3 Å². The molecule has 0 radical (unpaired) electrons. The second-order valence-corrected chi connectivity index (χ2v) is 4.83. The molecule has 1 aromatic carbocycles. The van der Waals surface area contributed by atoms with E-state index in [0.29, 0.717) is 17.2 Å². The number of carbonyl (C=O) groups excluding carboxylic acids is 1. The lowest BCUT2D eigenvalue weighted by molar-refractivity contribution is 0.00482. The Bertz CT molecular complexity index is 403. The maximum absolute atomic E-state index is 11.9. The Labute approximate surface area is 102 Å². The smallest absolute Gasteiger partial charge is 0.338 e. The largest absolute Gasteiger partial charge is 0.458 e. The average Bonchev–Trinajstić information content (AvgIpc) is 2.32. The number of hydrogen-bond donors (Lipinski definition) is 1. The molecular weight excluding hydrogens is 214 g/mol. The molecule has 3 heteroatoms. The Balaban J connectivity index is 2.01. The molecule has 0 heterocycles. The third-order valence-corrected chi connectivity index (χ3v) is 3.41. The second kappa shape index (κ2) is 5.21. The van der Waals surface area contributed by atoms with Gasteiger partial charge in [-0.15, -0.1) is 0 Å². The second-order valence-electron chi connectivity index (χ2n) is 4.83. The first-order chi connectivity index (χ1) is 8.16. The summed E-state index contributed by atoms with van der Waals surface area (Å²) in [7, 11) is 0. The molecule has 0 saturated heterocycles. The van der Waals surface area contributed by atoms with Crippen molar-refractivity contribution in [2.45, 2.75) is 38.7 Å². The molecule has 2 atom stereocenters. The first-order valence-corrected chi connectivity index (χ1v) is 6.23. The van der Waals surface area contributed by atoms with E-state index in [1.807, 2.05) is 0 Å². The number of nitrogen functional groups attached to an aromatic ring is 1. The van der Waals surface area contributed by atoms with Crippen LogP contribution in [-0.4, -0.2) is 12.1 Å². The number of rotatable bonds is 2. The first kappa shape index (κ1) is 12.0. The highest BCUT2D eigenvalue weighted by Crippen LogP contribution is 2.27. The van der Waals surface area contributed by atoms with Crippen molar-refractivity contribution in [2.24, 2.45) is 5.92 Å². The molecular formula is C14H19NO2. The van der Waals surface area contributed by atoms with Crippen molar-refractivity contribution in [2.75, 3.05) is 5.73 Å². The minimum absolute atomic E-state index is 0.0673. The van der Waals surface area contributed by atoms with Crippen molar-refractivity contribution < 1.29 is 9.53 Å². The molecule has 0 spiro atoms. The number of anilines is 1. The molecule has 1 saturated carbocycles. The van der Waals surface area contributed by atoms with E-state index in [9.17, 15) is 4.79 Å². The maximum atomic E-state index is 11.9. The lowest BCUT2D eigenvalue weighted by Crippen LogP contribution is -2.28. The Morgan fingerprint density at radius 3 is 2.82 bits per heavy atom. The molecule has 0 aromatic heterocycles. The van der Waals surface area contributed by atoms with E-state index in [2.05, 4.69) is 6.92 Å². The number of hydrogen-bond acceptors (Lipinski definition) is 3. The van der Waals surface area contributed by atoms with Crippen LogP contribution in [0.3, 0.4) is 0 Å².